The Morgan fingerprint density at radius 3 is 1.92 bits per heavy atom. The van der Waals surface area contributed by atoms with Gasteiger partial charge >= 0.3 is 0 Å². The van der Waals surface area contributed by atoms with E-state index < -0.39 is 5.91 Å². The molecule has 1 heterocycles. The summed E-state index contributed by atoms with van der Waals surface area (Å²) >= 11 is 0. The van der Waals surface area contributed by atoms with Gasteiger partial charge in [-0.1, -0.05) is 0 Å². The van der Waals surface area contributed by atoms with Gasteiger partial charge in [-0.25, -0.2) is 0 Å². The Bertz CT molecular complexity index is 217. The largest absolute Gasteiger partial charge is 2.00 e. The summed E-state index contributed by atoms with van der Waals surface area (Å²) in [7, 11) is 0. The SMILES string of the molecule is NC(=O)c1ccncc1.[Mn].[O-2].[O-2]. The van der Waals surface area contributed by atoms with Crippen molar-refractivity contribution in [3.05, 3.63) is 30.1 Å². The molecule has 1 amide bonds. The summed E-state index contributed by atoms with van der Waals surface area (Å²) in [5.74, 6) is -0.419. The van der Waals surface area contributed by atoms with Crippen molar-refractivity contribution in [3.8, 4) is 0 Å². The van der Waals surface area contributed by atoms with Crippen molar-refractivity contribution in [2.45, 2.75) is 0 Å². The van der Waals surface area contributed by atoms with Crippen LogP contribution in [0.25, 0.3) is 0 Å². The van der Waals surface area contributed by atoms with Crippen LogP contribution >= 0.6 is 0 Å². The van der Waals surface area contributed by atoms with Crippen LogP contribution in [0.3, 0.4) is 0 Å². The van der Waals surface area contributed by atoms with E-state index in [-0.39, 0.29) is 28.0 Å². The average Bonchev–Trinajstić information content (AvgIpc) is 1.90. The van der Waals surface area contributed by atoms with Crippen molar-refractivity contribution in [1.82, 2.24) is 4.98 Å². The number of primary amides is 1. The van der Waals surface area contributed by atoms with Gasteiger partial charge in [0, 0.05) is 35.0 Å². The zero-order valence-corrected chi connectivity index (χ0v) is 7.12. The minimum absolute atomic E-state index is 0. The number of aromatic nitrogens is 1. The predicted molar refractivity (Wildman–Crippen MR) is 34.1 cm³/mol. The average molecular weight is 209 g/mol. The number of pyridine rings is 1. The Morgan fingerprint density at radius 1 is 1.25 bits per heavy atom. The third-order valence-corrected chi connectivity index (χ3v) is 0.965. The molecule has 0 saturated carbocycles. The van der Waals surface area contributed by atoms with E-state index in [0.717, 1.165) is 0 Å². The van der Waals surface area contributed by atoms with Crippen LogP contribution in [0.5, 0.6) is 0 Å². The van der Waals surface area contributed by atoms with Crippen molar-refractivity contribution in [2.75, 3.05) is 0 Å². The van der Waals surface area contributed by atoms with Crippen LogP contribution in [0.2, 0.25) is 0 Å². The topological polar surface area (TPSA) is 113 Å². The van der Waals surface area contributed by atoms with Gasteiger partial charge in [-0.15, -0.1) is 0 Å². The second-order valence-corrected chi connectivity index (χ2v) is 1.60. The third kappa shape index (κ3) is 4.81. The smallest absolute Gasteiger partial charge is 0.248 e. The minimum Gasteiger partial charge on any atom is -2.00 e. The van der Waals surface area contributed by atoms with Gasteiger partial charge in [0.1, 0.15) is 0 Å². The molecule has 0 fully saturated rings. The predicted octanol–water partition coefficient (Wildman–Crippen LogP) is -0.0596. The van der Waals surface area contributed by atoms with Crippen LogP contribution in [0.4, 0.5) is 0 Å². The molecule has 1 rings (SSSR count). The number of nitrogens with zero attached hydrogens (tertiary/aromatic N) is 1. The van der Waals surface area contributed by atoms with E-state index in [4.69, 9.17) is 5.73 Å². The van der Waals surface area contributed by atoms with Crippen LogP contribution in [-0.4, -0.2) is 10.9 Å². The summed E-state index contributed by atoms with van der Waals surface area (Å²) in [5.41, 5.74) is 5.44. The number of amides is 1. The van der Waals surface area contributed by atoms with Gasteiger partial charge in [-0.05, 0) is 12.1 Å². The molecule has 1 aromatic rings. The number of nitrogens with two attached hydrogens (primary N) is 1. The molecule has 5 nitrogen and oxygen atoms in total. The fourth-order valence-electron chi connectivity index (χ4n) is 0.516. The van der Waals surface area contributed by atoms with Crippen molar-refractivity contribution in [2.24, 2.45) is 5.73 Å². The molecule has 69 valence electrons. The molecule has 0 spiro atoms. The zero-order valence-electron chi connectivity index (χ0n) is 5.94. The number of hydrogen-bond acceptors (Lipinski definition) is 2. The quantitative estimate of drug-likeness (QED) is 0.653. The molecule has 0 atom stereocenters. The van der Waals surface area contributed by atoms with Gasteiger partial charge in [0.2, 0.25) is 5.91 Å². The molecule has 0 bridgehead atoms. The van der Waals surface area contributed by atoms with E-state index in [1.54, 1.807) is 12.1 Å². The minimum atomic E-state index is -0.419. The van der Waals surface area contributed by atoms with Gasteiger partial charge in [0.15, 0.2) is 0 Å². The van der Waals surface area contributed by atoms with Crippen LogP contribution in [0.1, 0.15) is 10.4 Å². The van der Waals surface area contributed by atoms with Crippen molar-refractivity contribution >= 4 is 5.91 Å². The van der Waals surface area contributed by atoms with Crippen LogP contribution < -0.4 is 5.73 Å². The maximum absolute atomic E-state index is 10.4. The maximum atomic E-state index is 10.4. The first-order valence-corrected chi connectivity index (χ1v) is 2.50. The van der Waals surface area contributed by atoms with Gasteiger partial charge in [-0.3, -0.25) is 9.78 Å². The number of hydrogen-bond donors (Lipinski definition) is 1. The first kappa shape index (κ1) is 17.2. The second-order valence-electron chi connectivity index (χ2n) is 1.60. The molecule has 0 aromatic carbocycles. The van der Waals surface area contributed by atoms with Gasteiger partial charge < -0.3 is 16.7 Å². The maximum Gasteiger partial charge on any atom is 0.248 e. The van der Waals surface area contributed by atoms with Crippen molar-refractivity contribution in [1.29, 1.82) is 0 Å². The Hall–Kier alpha value is -0.941. The van der Waals surface area contributed by atoms with Crippen molar-refractivity contribution < 1.29 is 32.8 Å². The Labute approximate surface area is 80.1 Å². The first-order chi connectivity index (χ1) is 4.30. The van der Waals surface area contributed by atoms with E-state index in [9.17, 15) is 4.79 Å². The molecule has 0 unspecified atom stereocenters. The van der Waals surface area contributed by atoms with E-state index >= 15 is 0 Å². The normalized spacial score (nSPS) is 6.67. The Balaban J connectivity index is -0.000000270. The molecule has 1 aromatic heterocycles. The summed E-state index contributed by atoms with van der Waals surface area (Å²) in [4.78, 5) is 14.1. The molecule has 0 saturated heterocycles. The Kier molecular flexibility index (Phi) is 11.7. The van der Waals surface area contributed by atoms with E-state index in [1.807, 2.05) is 0 Å². The Morgan fingerprint density at radius 2 is 1.67 bits per heavy atom. The van der Waals surface area contributed by atoms with E-state index in [2.05, 4.69) is 4.98 Å². The zero-order chi connectivity index (χ0) is 6.69. The monoisotopic (exact) mass is 209 g/mol. The summed E-state index contributed by atoms with van der Waals surface area (Å²) < 4.78 is 0. The number of rotatable bonds is 1. The van der Waals surface area contributed by atoms with Crippen LogP contribution in [-0.2, 0) is 28.0 Å². The molecule has 0 aliphatic carbocycles. The number of carbonyl (C=O) groups excluding carboxylic acids is 1. The summed E-state index contributed by atoms with van der Waals surface area (Å²) in [6.45, 7) is 0. The fourth-order valence-corrected chi connectivity index (χ4v) is 0.516. The van der Waals surface area contributed by atoms with Crippen LogP contribution in [0, 0.1) is 0 Å². The molecular formula is C6H6MnN2O3-4. The molecule has 12 heavy (non-hydrogen) atoms. The third-order valence-electron chi connectivity index (χ3n) is 0.965. The molecule has 0 aliphatic rings. The second kappa shape index (κ2) is 8.16. The molecule has 0 aliphatic heterocycles. The summed E-state index contributed by atoms with van der Waals surface area (Å²) in [6.07, 6.45) is 3.06. The van der Waals surface area contributed by atoms with E-state index in [1.165, 1.54) is 12.4 Å². The van der Waals surface area contributed by atoms with Gasteiger partial charge in [0.25, 0.3) is 0 Å². The van der Waals surface area contributed by atoms with Crippen molar-refractivity contribution in [3.63, 3.8) is 0 Å². The summed E-state index contributed by atoms with van der Waals surface area (Å²) in [5, 5.41) is 0. The van der Waals surface area contributed by atoms with E-state index in [0.29, 0.717) is 5.56 Å². The molecule has 6 heteroatoms. The first-order valence-electron chi connectivity index (χ1n) is 2.50. The molecular weight excluding hydrogens is 203 g/mol. The summed E-state index contributed by atoms with van der Waals surface area (Å²) in [6, 6.07) is 3.14. The van der Waals surface area contributed by atoms with Gasteiger partial charge in [0.05, 0.1) is 0 Å². The molecule has 1 radical (unpaired) electrons. The fraction of sp³-hybridized carbons (Fsp3) is 0. The standard InChI is InChI=1S/C6H6N2O.Mn.2O/c7-6(9)5-1-3-8-4-2-5;;;/h1-4H,(H2,7,9);;;/q;;2*-2. The van der Waals surface area contributed by atoms with Gasteiger partial charge in [-0.2, -0.15) is 0 Å². The van der Waals surface area contributed by atoms with Crippen LogP contribution in [0.15, 0.2) is 24.5 Å². The number of carbonyl (C=O) groups is 1. The molecule has 2 N–H and O–H groups in total.